The van der Waals surface area contributed by atoms with Crippen LogP contribution in [0.15, 0.2) is 24.3 Å². The molecular weight excluding hydrogens is 263 g/mol. The zero-order valence-electron chi connectivity index (χ0n) is 9.80. The van der Waals surface area contributed by atoms with Gasteiger partial charge >= 0.3 is 5.97 Å². The van der Waals surface area contributed by atoms with Crippen molar-refractivity contribution in [1.29, 1.82) is 0 Å². The molecule has 1 rings (SSSR count). The molecule has 17 heavy (non-hydrogen) atoms. The van der Waals surface area contributed by atoms with Crippen molar-refractivity contribution in [1.82, 2.24) is 0 Å². The number of carbonyl (C=O) groups is 1. The Morgan fingerprint density at radius 2 is 1.88 bits per heavy atom. The molecule has 1 aromatic rings. The van der Waals surface area contributed by atoms with Crippen LogP contribution >= 0.6 is 24.8 Å². The molecule has 0 fully saturated rings. The predicted molar refractivity (Wildman–Crippen MR) is 74.2 cm³/mol. The van der Waals surface area contributed by atoms with Crippen molar-refractivity contribution in [3.63, 3.8) is 0 Å². The number of benzene rings is 1. The number of hydrogen-bond donors (Lipinski definition) is 2. The van der Waals surface area contributed by atoms with E-state index in [2.05, 4.69) is 10.1 Å². The van der Waals surface area contributed by atoms with Gasteiger partial charge in [0.1, 0.15) is 6.04 Å². The Balaban J connectivity index is 0. The van der Waals surface area contributed by atoms with Crippen LogP contribution in [0.5, 0.6) is 0 Å². The lowest BCUT2D eigenvalue weighted by atomic mass is 10.1. The highest BCUT2D eigenvalue weighted by Crippen LogP contribution is 2.10. The molecule has 0 heterocycles. The number of carbonyl (C=O) groups excluding carboxylic acids is 1. The van der Waals surface area contributed by atoms with Gasteiger partial charge in [-0.05, 0) is 24.1 Å². The van der Waals surface area contributed by atoms with E-state index < -0.39 is 6.04 Å². The minimum Gasteiger partial charge on any atom is -0.468 e. The molecule has 0 aliphatic rings. The fourth-order valence-electron chi connectivity index (χ4n) is 1.30. The van der Waals surface area contributed by atoms with Gasteiger partial charge < -0.3 is 15.8 Å². The first kappa shape index (κ1) is 18.4. The van der Waals surface area contributed by atoms with E-state index in [0.717, 1.165) is 11.3 Å². The molecule has 0 unspecified atom stereocenters. The molecule has 0 amide bonds. The average molecular weight is 281 g/mol. The van der Waals surface area contributed by atoms with Crippen LogP contribution in [0.25, 0.3) is 0 Å². The average Bonchev–Trinajstić information content (AvgIpc) is 2.29. The summed E-state index contributed by atoms with van der Waals surface area (Å²) in [5, 5.41) is 3.02. The van der Waals surface area contributed by atoms with Gasteiger partial charge in [-0.15, -0.1) is 24.8 Å². The first-order valence-corrected chi connectivity index (χ1v) is 4.77. The third-order valence-electron chi connectivity index (χ3n) is 2.20. The van der Waals surface area contributed by atoms with Crippen LogP contribution in [-0.2, 0) is 16.0 Å². The minimum atomic E-state index is -0.588. The second-order valence-electron chi connectivity index (χ2n) is 3.28. The van der Waals surface area contributed by atoms with Crippen molar-refractivity contribution < 1.29 is 9.53 Å². The molecule has 0 saturated heterocycles. The molecule has 0 aliphatic heterocycles. The molecule has 3 N–H and O–H groups in total. The normalized spacial score (nSPS) is 10.5. The summed E-state index contributed by atoms with van der Waals surface area (Å²) in [4.78, 5) is 11.1. The number of rotatable bonds is 4. The molecule has 0 spiro atoms. The van der Waals surface area contributed by atoms with Crippen LogP contribution < -0.4 is 11.1 Å². The van der Waals surface area contributed by atoms with E-state index >= 15 is 0 Å². The molecule has 0 bridgehead atoms. The third-order valence-corrected chi connectivity index (χ3v) is 2.20. The lowest BCUT2D eigenvalue weighted by Crippen LogP contribution is -2.33. The first-order valence-electron chi connectivity index (χ1n) is 4.77. The SMILES string of the molecule is CNc1ccc(C[C@H](N)C(=O)OC)cc1.Cl.Cl. The van der Waals surface area contributed by atoms with E-state index in [9.17, 15) is 4.79 Å². The summed E-state index contributed by atoms with van der Waals surface area (Å²) >= 11 is 0. The lowest BCUT2D eigenvalue weighted by molar-refractivity contribution is -0.142. The molecular formula is C11H18Cl2N2O2. The lowest BCUT2D eigenvalue weighted by Gasteiger charge is -2.09. The molecule has 0 saturated carbocycles. The zero-order valence-corrected chi connectivity index (χ0v) is 11.4. The highest BCUT2D eigenvalue weighted by atomic mass is 35.5. The summed E-state index contributed by atoms with van der Waals surface area (Å²) in [6.07, 6.45) is 0.497. The minimum absolute atomic E-state index is 0. The van der Waals surface area contributed by atoms with E-state index in [0.29, 0.717) is 6.42 Å². The number of methoxy groups -OCH3 is 1. The monoisotopic (exact) mass is 280 g/mol. The number of esters is 1. The maximum absolute atomic E-state index is 11.1. The molecule has 6 heteroatoms. The topological polar surface area (TPSA) is 64.3 Å². The van der Waals surface area contributed by atoms with Gasteiger partial charge in [0.05, 0.1) is 7.11 Å². The number of nitrogens with two attached hydrogens (primary N) is 1. The van der Waals surface area contributed by atoms with Crippen LogP contribution in [0.2, 0.25) is 0 Å². The largest absolute Gasteiger partial charge is 0.468 e. The highest BCUT2D eigenvalue weighted by molar-refractivity contribution is 5.85. The second kappa shape index (κ2) is 9.10. The Bertz CT molecular complexity index is 331. The van der Waals surface area contributed by atoms with Gasteiger partial charge in [-0.3, -0.25) is 4.79 Å². The van der Waals surface area contributed by atoms with Gasteiger partial charge in [-0.25, -0.2) is 0 Å². The van der Waals surface area contributed by atoms with Crippen LogP contribution in [0.4, 0.5) is 5.69 Å². The number of hydrogen-bond acceptors (Lipinski definition) is 4. The van der Waals surface area contributed by atoms with Crippen LogP contribution in [-0.4, -0.2) is 26.2 Å². The van der Waals surface area contributed by atoms with Crippen LogP contribution in [0.1, 0.15) is 5.56 Å². The van der Waals surface area contributed by atoms with Crippen LogP contribution in [0.3, 0.4) is 0 Å². The standard InChI is InChI=1S/C11H16N2O2.2ClH/c1-13-9-5-3-8(4-6-9)7-10(12)11(14)15-2;;/h3-6,10,13H,7,12H2,1-2H3;2*1H/t10-;;/m0../s1. The second-order valence-corrected chi connectivity index (χ2v) is 3.28. The Labute approximate surface area is 114 Å². The van der Waals surface area contributed by atoms with Crippen LogP contribution in [0, 0.1) is 0 Å². The van der Waals surface area contributed by atoms with E-state index in [1.165, 1.54) is 7.11 Å². The molecule has 1 aromatic carbocycles. The number of anilines is 1. The first-order chi connectivity index (χ1) is 7.17. The maximum atomic E-state index is 11.1. The van der Waals surface area contributed by atoms with Crippen molar-refractivity contribution in [3.05, 3.63) is 29.8 Å². The summed E-state index contributed by atoms with van der Waals surface area (Å²) in [5.74, 6) is -0.382. The number of halogens is 2. The summed E-state index contributed by atoms with van der Waals surface area (Å²) in [6.45, 7) is 0. The van der Waals surface area contributed by atoms with Gasteiger partial charge in [0.25, 0.3) is 0 Å². The third kappa shape index (κ3) is 5.77. The van der Waals surface area contributed by atoms with Crippen molar-refractivity contribution in [2.75, 3.05) is 19.5 Å². The molecule has 0 radical (unpaired) electrons. The quantitative estimate of drug-likeness (QED) is 0.823. The Morgan fingerprint density at radius 3 is 2.29 bits per heavy atom. The summed E-state index contributed by atoms with van der Waals surface area (Å²) in [5.41, 5.74) is 7.69. The van der Waals surface area contributed by atoms with Gasteiger partial charge in [-0.1, -0.05) is 12.1 Å². The molecule has 4 nitrogen and oxygen atoms in total. The fraction of sp³-hybridized carbons (Fsp3) is 0.364. The zero-order chi connectivity index (χ0) is 11.3. The maximum Gasteiger partial charge on any atom is 0.322 e. The predicted octanol–water partition coefficient (Wildman–Crippen LogP) is 1.61. The fourth-order valence-corrected chi connectivity index (χ4v) is 1.30. The van der Waals surface area contributed by atoms with E-state index in [1.54, 1.807) is 0 Å². The smallest absolute Gasteiger partial charge is 0.322 e. The number of nitrogens with one attached hydrogen (secondary N) is 1. The Morgan fingerprint density at radius 1 is 1.35 bits per heavy atom. The van der Waals surface area contributed by atoms with Gasteiger partial charge in [-0.2, -0.15) is 0 Å². The van der Waals surface area contributed by atoms with Gasteiger partial charge in [0, 0.05) is 12.7 Å². The van der Waals surface area contributed by atoms with Crippen molar-refractivity contribution in [2.45, 2.75) is 12.5 Å². The Kier molecular flexibility index (Phi) is 9.85. The van der Waals surface area contributed by atoms with E-state index in [-0.39, 0.29) is 30.8 Å². The summed E-state index contributed by atoms with van der Waals surface area (Å²) in [6, 6.07) is 7.18. The highest BCUT2D eigenvalue weighted by Gasteiger charge is 2.13. The van der Waals surface area contributed by atoms with Crippen molar-refractivity contribution in [2.24, 2.45) is 5.73 Å². The molecule has 0 aliphatic carbocycles. The van der Waals surface area contributed by atoms with Gasteiger partial charge in [0.15, 0.2) is 0 Å². The van der Waals surface area contributed by atoms with E-state index in [1.807, 2.05) is 31.3 Å². The molecule has 1 atom stereocenters. The van der Waals surface area contributed by atoms with Crippen molar-refractivity contribution >= 4 is 36.5 Å². The summed E-state index contributed by atoms with van der Waals surface area (Å²) in [7, 11) is 3.20. The number of ether oxygens (including phenoxy) is 1. The van der Waals surface area contributed by atoms with Crippen molar-refractivity contribution in [3.8, 4) is 0 Å². The Hall–Kier alpha value is -0.970. The van der Waals surface area contributed by atoms with E-state index in [4.69, 9.17) is 5.73 Å². The molecule has 0 aromatic heterocycles. The molecule has 98 valence electrons. The summed E-state index contributed by atoms with van der Waals surface area (Å²) < 4.78 is 4.55. The van der Waals surface area contributed by atoms with Gasteiger partial charge in [0.2, 0.25) is 0 Å².